The Bertz CT molecular complexity index is 1890. The highest BCUT2D eigenvalue weighted by atomic mass is 15.1. The second kappa shape index (κ2) is 17.5. The van der Waals surface area contributed by atoms with Crippen molar-refractivity contribution in [3.8, 4) is 0 Å². The third kappa shape index (κ3) is 9.87. The Labute approximate surface area is 309 Å². The van der Waals surface area contributed by atoms with Gasteiger partial charge in [-0.3, -0.25) is 0 Å². The van der Waals surface area contributed by atoms with Gasteiger partial charge in [-0.05, 0) is 68.8 Å². The standard InChI is InChI=1S/C50H44N2/c1-5-13-45(14-6-1)37-51(38-46-15-7-2-8-16-46)49-33-29-43(30-34-49)27-25-41-21-23-42(24-22-41)26-28-44-31-35-50(36-32-44)52(39-47-17-9-3-10-18-47)40-48-19-11-4-12-20-48/h1-36H,37-40H2/b27-25+,28-26+. The average molecular weight is 673 g/mol. The minimum atomic E-state index is 0.860. The van der Waals surface area contributed by atoms with Crippen LogP contribution in [0.5, 0.6) is 0 Å². The maximum Gasteiger partial charge on any atom is 0.0433 e. The van der Waals surface area contributed by atoms with Crippen LogP contribution in [0.3, 0.4) is 0 Å². The summed E-state index contributed by atoms with van der Waals surface area (Å²) in [6.45, 7) is 3.44. The van der Waals surface area contributed by atoms with Gasteiger partial charge in [-0.15, -0.1) is 0 Å². The van der Waals surface area contributed by atoms with Gasteiger partial charge in [-0.25, -0.2) is 0 Å². The Kier molecular flexibility index (Phi) is 11.5. The Hall–Kier alpha value is -6.38. The van der Waals surface area contributed by atoms with E-state index >= 15 is 0 Å². The normalized spacial score (nSPS) is 11.2. The molecule has 0 saturated heterocycles. The first-order valence-electron chi connectivity index (χ1n) is 18.1. The van der Waals surface area contributed by atoms with Gasteiger partial charge in [0.2, 0.25) is 0 Å². The Morgan fingerprint density at radius 1 is 0.250 bits per heavy atom. The summed E-state index contributed by atoms with van der Waals surface area (Å²) in [7, 11) is 0. The zero-order valence-corrected chi connectivity index (χ0v) is 29.5. The van der Waals surface area contributed by atoms with Gasteiger partial charge >= 0.3 is 0 Å². The van der Waals surface area contributed by atoms with Crippen molar-refractivity contribution < 1.29 is 0 Å². The highest BCUT2D eigenvalue weighted by Gasteiger charge is 2.10. The molecule has 0 amide bonds. The Morgan fingerprint density at radius 2 is 0.462 bits per heavy atom. The van der Waals surface area contributed by atoms with Crippen LogP contribution < -0.4 is 9.80 Å². The molecule has 0 aliphatic rings. The summed E-state index contributed by atoms with van der Waals surface area (Å²) in [4.78, 5) is 4.87. The quantitative estimate of drug-likeness (QED) is 0.106. The van der Waals surface area contributed by atoms with Crippen molar-refractivity contribution in [3.63, 3.8) is 0 Å². The van der Waals surface area contributed by atoms with Crippen molar-refractivity contribution in [2.45, 2.75) is 26.2 Å². The molecule has 0 aliphatic carbocycles. The van der Waals surface area contributed by atoms with Crippen LogP contribution in [-0.2, 0) is 26.2 Å². The number of rotatable bonds is 14. The molecule has 0 N–H and O–H groups in total. The summed E-state index contributed by atoms with van der Waals surface area (Å²) in [5, 5.41) is 0. The van der Waals surface area contributed by atoms with Crippen molar-refractivity contribution in [1.82, 2.24) is 0 Å². The first-order chi connectivity index (χ1) is 25.7. The molecule has 52 heavy (non-hydrogen) atoms. The summed E-state index contributed by atoms with van der Waals surface area (Å²) >= 11 is 0. The van der Waals surface area contributed by atoms with Crippen molar-refractivity contribution in [2.24, 2.45) is 0 Å². The molecule has 7 rings (SSSR count). The molecule has 0 unspecified atom stereocenters. The lowest BCUT2D eigenvalue weighted by Gasteiger charge is -2.25. The molecule has 254 valence electrons. The van der Waals surface area contributed by atoms with Crippen LogP contribution in [-0.4, -0.2) is 0 Å². The molecule has 0 saturated carbocycles. The van der Waals surface area contributed by atoms with Gasteiger partial charge in [0.15, 0.2) is 0 Å². The van der Waals surface area contributed by atoms with Crippen molar-refractivity contribution in [1.29, 1.82) is 0 Å². The SMILES string of the molecule is C(=C\c1ccc(N(Cc2ccccc2)Cc2ccccc2)cc1)/c1ccc(/C=C/c2ccc(N(Cc3ccccc3)Cc3ccccc3)cc2)cc1. The van der Waals surface area contributed by atoms with E-state index in [4.69, 9.17) is 0 Å². The van der Waals surface area contributed by atoms with Gasteiger partial charge in [0, 0.05) is 37.6 Å². The van der Waals surface area contributed by atoms with Gasteiger partial charge in [0.05, 0.1) is 0 Å². The zero-order valence-electron chi connectivity index (χ0n) is 29.5. The molecule has 0 atom stereocenters. The molecule has 0 heterocycles. The molecule has 7 aromatic rings. The second-order valence-corrected chi connectivity index (χ2v) is 13.2. The highest BCUT2D eigenvalue weighted by molar-refractivity contribution is 5.74. The molecule has 0 fully saturated rings. The summed E-state index contributed by atoms with van der Waals surface area (Å²) in [6.07, 6.45) is 8.74. The molecule has 0 aromatic heterocycles. The van der Waals surface area contributed by atoms with E-state index in [0.29, 0.717) is 0 Å². The molecule has 2 nitrogen and oxygen atoms in total. The largest absolute Gasteiger partial charge is 0.363 e. The fourth-order valence-corrected chi connectivity index (χ4v) is 6.39. The van der Waals surface area contributed by atoms with Crippen LogP contribution in [0.2, 0.25) is 0 Å². The molecule has 2 heteroatoms. The van der Waals surface area contributed by atoms with Gasteiger partial charge in [0.25, 0.3) is 0 Å². The fourth-order valence-electron chi connectivity index (χ4n) is 6.39. The van der Waals surface area contributed by atoms with E-state index in [1.165, 1.54) is 55.9 Å². The summed E-state index contributed by atoms with van der Waals surface area (Å²) in [5.41, 5.74) is 12.4. The lowest BCUT2D eigenvalue weighted by atomic mass is 10.1. The third-order valence-corrected chi connectivity index (χ3v) is 9.25. The second-order valence-electron chi connectivity index (χ2n) is 13.2. The van der Waals surface area contributed by atoms with Crippen LogP contribution in [0.15, 0.2) is 194 Å². The highest BCUT2D eigenvalue weighted by Crippen LogP contribution is 2.24. The lowest BCUT2D eigenvalue weighted by Crippen LogP contribution is -2.22. The fraction of sp³-hybridized carbons (Fsp3) is 0.0800. The summed E-state index contributed by atoms with van der Waals surface area (Å²) < 4.78 is 0. The maximum atomic E-state index is 2.44. The first kappa shape index (κ1) is 34.1. The predicted octanol–water partition coefficient (Wildman–Crippen LogP) is 12.4. The third-order valence-electron chi connectivity index (χ3n) is 9.25. The monoisotopic (exact) mass is 672 g/mol. The van der Waals surface area contributed by atoms with Gasteiger partial charge in [0.1, 0.15) is 0 Å². The van der Waals surface area contributed by atoms with Crippen LogP contribution in [0.1, 0.15) is 44.5 Å². The van der Waals surface area contributed by atoms with Crippen molar-refractivity contribution in [3.05, 3.63) is 239 Å². The van der Waals surface area contributed by atoms with Crippen LogP contribution in [0, 0.1) is 0 Å². The molecular weight excluding hydrogens is 629 g/mol. The van der Waals surface area contributed by atoms with Crippen LogP contribution in [0.25, 0.3) is 24.3 Å². The van der Waals surface area contributed by atoms with E-state index in [2.05, 4.69) is 228 Å². The number of benzene rings is 7. The Morgan fingerprint density at radius 3 is 0.692 bits per heavy atom. The zero-order chi connectivity index (χ0) is 35.2. The number of hydrogen-bond acceptors (Lipinski definition) is 2. The molecule has 0 radical (unpaired) electrons. The van der Waals surface area contributed by atoms with E-state index in [-0.39, 0.29) is 0 Å². The number of nitrogens with zero attached hydrogens (tertiary/aromatic N) is 2. The van der Waals surface area contributed by atoms with E-state index < -0.39 is 0 Å². The number of anilines is 2. The van der Waals surface area contributed by atoms with Crippen molar-refractivity contribution >= 4 is 35.7 Å². The van der Waals surface area contributed by atoms with E-state index in [1.807, 2.05) is 0 Å². The summed E-state index contributed by atoms with van der Waals surface area (Å²) in [5.74, 6) is 0. The first-order valence-corrected chi connectivity index (χ1v) is 18.1. The minimum absolute atomic E-state index is 0.860. The van der Waals surface area contributed by atoms with Gasteiger partial charge in [-0.2, -0.15) is 0 Å². The van der Waals surface area contributed by atoms with Gasteiger partial charge < -0.3 is 9.80 Å². The molecule has 0 aliphatic heterocycles. The summed E-state index contributed by atoms with van der Waals surface area (Å²) in [6, 6.07) is 69.2. The van der Waals surface area contributed by atoms with Crippen LogP contribution >= 0.6 is 0 Å². The minimum Gasteiger partial charge on any atom is -0.363 e. The molecular formula is C50H44N2. The van der Waals surface area contributed by atoms with E-state index in [1.54, 1.807) is 0 Å². The van der Waals surface area contributed by atoms with Crippen LogP contribution in [0.4, 0.5) is 11.4 Å². The smallest absolute Gasteiger partial charge is 0.0433 e. The topological polar surface area (TPSA) is 6.48 Å². The predicted molar refractivity (Wildman–Crippen MR) is 223 cm³/mol. The molecule has 0 bridgehead atoms. The van der Waals surface area contributed by atoms with E-state index in [9.17, 15) is 0 Å². The number of hydrogen-bond donors (Lipinski definition) is 0. The van der Waals surface area contributed by atoms with Crippen molar-refractivity contribution in [2.75, 3.05) is 9.80 Å². The molecule has 7 aromatic carbocycles. The van der Waals surface area contributed by atoms with Gasteiger partial charge in [-0.1, -0.05) is 194 Å². The Balaban J connectivity index is 0.973. The average Bonchev–Trinajstić information content (AvgIpc) is 3.21. The maximum absolute atomic E-state index is 2.44. The lowest BCUT2D eigenvalue weighted by molar-refractivity contribution is 0.800. The molecule has 0 spiro atoms. The van der Waals surface area contributed by atoms with E-state index in [0.717, 1.165) is 26.2 Å².